The Kier molecular flexibility index (Phi) is 1.88. The predicted molar refractivity (Wildman–Crippen MR) is 44.8 cm³/mol. The van der Waals surface area contributed by atoms with Crippen LogP contribution < -0.4 is 5.46 Å². The Labute approximate surface area is 70.8 Å². The molecule has 1 aliphatic rings. The molecule has 0 amide bonds. The second-order valence-corrected chi connectivity index (χ2v) is 2.89. The van der Waals surface area contributed by atoms with Crippen molar-refractivity contribution in [2.24, 2.45) is 0 Å². The lowest BCUT2D eigenvalue weighted by Crippen LogP contribution is -2.29. The molecule has 4 heteroatoms. The highest BCUT2D eigenvalue weighted by Gasteiger charge is 2.16. The van der Waals surface area contributed by atoms with Gasteiger partial charge >= 0.3 is 7.12 Å². The first-order valence-corrected chi connectivity index (χ1v) is 3.83. The van der Waals surface area contributed by atoms with Gasteiger partial charge in [-0.25, -0.2) is 0 Å². The van der Waals surface area contributed by atoms with E-state index in [2.05, 4.69) is 0 Å². The summed E-state index contributed by atoms with van der Waals surface area (Å²) in [6.07, 6.45) is 0. The van der Waals surface area contributed by atoms with E-state index in [1.165, 1.54) is 0 Å². The maximum absolute atomic E-state index is 8.87. The zero-order chi connectivity index (χ0) is 8.55. The molecule has 62 valence electrons. The number of ether oxygens (including phenoxy) is 1. The zero-order valence-corrected chi connectivity index (χ0v) is 6.53. The third kappa shape index (κ3) is 1.24. The molecule has 2 rings (SSSR count). The molecule has 0 radical (unpaired) electrons. The molecule has 3 nitrogen and oxygen atoms in total. The van der Waals surface area contributed by atoms with Crippen LogP contribution in [0.5, 0.6) is 0 Å². The fourth-order valence-electron chi connectivity index (χ4n) is 1.35. The summed E-state index contributed by atoms with van der Waals surface area (Å²) >= 11 is 0. The Morgan fingerprint density at radius 3 is 2.67 bits per heavy atom. The molecular formula is C8H9BO3. The topological polar surface area (TPSA) is 49.7 Å². The van der Waals surface area contributed by atoms with Crippen molar-refractivity contribution in [2.75, 3.05) is 0 Å². The Hall–Kier alpha value is -0.835. The van der Waals surface area contributed by atoms with Gasteiger partial charge in [-0.2, -0.15) is 0 Å². The minimum absolute atomic E-state index is 0.527. The van der Waals surface area contributed by atoms with Crippen LogP contribution in [0.15, 0.2) is 18.2 Å². The molecule has 0 fully saturated rings. The van der Waals surface area contributed by atoms with Crippen LogP contribution in [-0.4, -0.2) is 17.2 Å². The van der Waals surface area contributed by atoms with Crippen molar-refractivity contribution in [3.8, 4) is 0 Å². The number of hydrogen-bond acceptors (Lipinski definition) is 3. The number of benzene rings is 1. The van der Waals surface area contributed by atoms with Crippen molar-refractivity contribution in [2.45, 2.75) is 13.2 Å². The highest BCUT2D eigenvalue weighted by atomic mass is 16.5. The molecule has 0 atom stereocenters. The van der Waals surface area contributed by atoms with Crippen molar-refractivity contribution in [1.29, 1.82) is 0 Å². The Bertz CT molecular complexity index is 298. The lowest BCUT2D eigenvalue weighted by molar-refractivity contribution is 0.134. The van der Waals surface area contributed by atoms with Gasteiger partial charge < -0.3 is 14.8 Å². The normalized spacial score (nSPS) is 14.5. The fourth-order valence-corrected chi connectivity index (χ4v) is 1.35. The molecule has 12 heavy (non-hydrogen) atoms. The maximum atomic E-state index is 8.87. The van der Waals surface area contributed by atoms with Gasteiger partial charge in [0.15, 0.2) is 0 Å². The molecule has 0 spiro atoms. The molecule has 0 saturated carbocycles. The van der Waals surface area contributed by atoms with Crippen LogP contribution in [0.2, 0.25) is 0 Å². The summed E-state index contributed by atoms with van der Waals surface area (Å²) in [4.78, 5) is 0. The summed E-state index contributed by atoms with van der Waals surface area (Å²) in [7, 11) is -1.38. The standard InChI is InChI=1S/C8H9BO3/c10-9(11)8-2-1-6-4-12-5-7(6)3-8/h1-3,10-11H,4-5H2. The fraction of sp³-hybridized carbons (Fsp3) is 0.250. The molecule has 0 saturated heterocycles. The number of hydrogen-bond donors (Lipinski definition) is 2. The van der Waals surface area contributed by atoms with Crippen molar-refractivity contribution < 1.29 is 14.8 Å². The zero-order valence-electron chi connectivity index (χ0n) is 6.53. The van der Waals surface area contributed by atoms with E-state index in [9.17, 15) is 0 Å². The summed E-state index contributed by atoms with van der Waals surface area (Å²) in [6.45, 7) is 1.22. The van der Waals surface area contributed by atoms with E-state index < -0.39 is 7.12 Å². The van der Waals surface area contributed by atoms with E-state index >= 15 is 0 Å². The van der Waals surface area contributed by atoms with Crippen LogP contribution in [0.3, 0.4) is 0 Å². The molecule has 0 aliphatic carbocycles. The number of rotatable bonds is 1. The smallest absolute Gasteiger partial charge is 0.423 e. The van der Waals surface area contributed by atoms with Gasteiger partial charge in [-0.15, -0.1) is 0 Å². The van der Waals surface area contributed by atoms with E-state index in [4.69, 9.17) is 14.8 Å². The maximum Gasteiger partial charge on any atom is 0.488 e. The lowest BCUT2D eigenvalue weighted by atomic mass is 9.79. The first-order valence-electron chi connectivity index (χ1n) is 3.83. The van der Waals surface area contributed by atoms with Crippen LogP contribution in [0.1, 0.15) is 11.1 Å². The highest BCUT2D eigenvalue weighted by molar-refractivity contribution is 6.58. The van der Waals surface area contributed by atoms with Crippen molar-refractivity contribution in [3.05, 3.63) is 29.3 Å². The van der Waals surface area contributed by atoms with Gasteiger partial charge in [0.05, 0.1) is 13.2 Å². The van der Waals surface area contributed by atoms with E-state index in [0.29, 0.717) is 18.7 Å². The van der Waals surface area contributed by atoms with Crippen LogP contribution >= 0.6 is 0 Å². The minimum Gasteiger partial charge on any atom is -0.423 e. The highest BCUT2D eigenvalue weighted by Crippen LogP contribution is 2.17. The van der Waals surface area contributed by atoms with Gasteiger partial charge in [-0.3, -0.25) is 0 Å². The summed E-state index contributed by atoms with van der Waals surface area (Å²) in [5.41, 5.74) is 2.72. The molecule has 0 bridgehead atoms. The van der Waals surface area contributed by atoms with E-state index in [1.54, 1.807) is 12.1 Å². The van der Waals surface area contributed by atoms with Gasteiger partial charge in [0.25, 0.3) is 0 Å². The Morgan fingerprint density at radius 2 is 1.92 bits per heavy atom. The van der Waals surface area contributed by atoms with Gasteiger partial charge in [-0.05, 0) is 16.6 Å². The van der Waals surface area contributed by atoms with E-state index in [-0.39, 0.29) is 0 Å². The van der Waals surface area contributed by atoms with Crippen molar-refractivity contribution in [3.63, 3.8) is 0 Å². The third-order valence-corrected chi connectivity index (χ3v) is 2.04. The third-order valence-electron chi connectivity index (χ3n) is 2.04. The molecule has 1 aromatic carbocycles. The molecule has 0 aromatic heterocycles. The molecular weight excluding hydrogens is 155 g/mol. The molecule has 1 aromatic rings. The van der Waals surface area contributed by atoms with Crippen molar-refractivity contribution >= 4 is 12.6 Å². The molecule has 1 aliphatic heterocycles. The second kappa shape index (κ2) is 2.90. The molecule has 0 unspecified atom stereocenters. The van der Waals surface area contributed by atoms with Gasteiger partial charge in [0, 0.05) is 0 Å². The molecule has 2 N–H and O–H groups in total. The predicted octanol–water partition coefficient (Wildman–Crippen LogP) is -0.603. The van der Waals surface area contributed by atoms with Crippen LogP contribution in [-0.2, 0) is 18.0 Å². The summed E-state index contributed by atoms with van der Waals surface area (Å²) in [6, 6.07) is 5.35. The van der Waals surface area contributed by atoms with E-state index in [0.717, 1.165) is 11.1 Å². The summed E-state index contributed by atoms with van der Waals surface area (Å²) in [5.74, 6) is 0. The number of fused-ring (bicyclic) bond motifs is 1. The van der Waals surface area contributed by atoms with Crippen LogP contribution in [0, 0.1) is 0 Å². The van der Waals surface area contributed by atoms with E-state index in [1.807, 2.05) is 6.07 Å². The van der Waals surface area contributed by atoms with Crippen LogP contribution in [0.25, 0.3) is 0 Å². The average Bonchev–Trinajstić information content (AvgIpc) is 2.49. The van der Waals surface area contributed by atoms with Crippen molar-refractivity contribution in [1.82, 2.24) is 0 Å². The average molecular weight is 164 g/mol. The Balaban J connectivity index is 2.39. The largest absolute Gasteiger partial charge is 0.488 e. The first-order chi connectivity index (χ1) is 5.77. The monoisotopic (exact) mass is 164 g/mol. The minimum atomic E-state index is -1.38. The lowest BCUT2D eigenvalue weighted by Gasteiger charge is -2.01. The molecule has 1 heterocycles. The quantitative estimate of drug-likeness (QED) is 0.544. The SMILES string of the molecule is OB(O)c1ccc2c(c1)COC2. The first kappa shape index (κ1) is 7.80. The van der Waals surface area contributed by atoms with Crippen LogP contribution in [0.4, 0.5) is 0 Å². The Morgan fingerprint density at radius 1 is 1.17 bits per heavy atom. The second-order valence-electron chi connectivity index (χ2n) is 2.89. The van der Waals surface area contributed by atoms with Gasteiger partial charge in [0.1, 0.15) is 0 Å². The van der Waals surface area contributed by atoms with Gasteiger partial charge in [-0.1, -0.05) is 18.2 Å². The summed E-state index contributed by atoms with van der Waals surface area (Å²) in [5, 5.41) is 17.7. The van der Waals surface area contributed by atoms with Gasteiger partial charge in [0.2, 0.25) is 0 Å². The summed E-state index contributed by atoms with van der Waals surface area (Å²) < 4.78 is 5.19.